The monoisotopic (exact) mass is 387 g/mol. The Balaban J connectivity index is 2.37. The van der Waals surface area contributed by atoms with Crippen LogP contribution in [0.3, 0.4) is 0 Å². The second kappa shape index (κ2) is 6.60. The molecule has 2 aromatic carbocycles. The number of benzene rings is 2. The average Bonchev–Trinajstić information content (AvgIpc) is 2.32. The van der Waals surface area contributed by atoms with Gasteiger partial charge < -0.3 is 0 Å². The molecule has 0 spiro atoms. The Labute approximate surface area is 143 Å². The van der Waals surface area contributed by atoms with E-state index >= 15 is 0 Å². The van der Waals surface area contributed by atoms with E-state index in [0.29, 0.717) is 4.46 Å². The molecule has 0 amide bonds. The van der Waals surface area contributed by atoms with Gasteiger partial charge in [0.25, 0.3) is 0 Å². The summed E-state index contributed by atoms with van der Waals surface area (Å²) >= 11 is 2.56. The van der Waals surface area contributed by atoms with Crippen molar-refractivity contribution in [1.29, 1.82) is 0 Å². The Kier molecular flexibility index (Phi) is 5.24. The molecule has 0 fully saturated rings. The Bertz CT molecular complexity index is 631. The van der Waals surface area contributed by atoms with Gasteiger partial charge >= 0.3 is 0 Å². The highest BCUT2D eigenvalue weighted by Crippen LogP contribution is 2.11. The second-order valence-corrected chi connectivity index (χ2v) is 7.54. The third-order valence-corrected chi connectivity index (χ3v) is 5.05. The minimum atomic E-state index is 0.406. The van der Waals surface area contributed by atoms with Crippen LogP contribution < -0.4 is 10.9 Å². The summed E-state index contributed by atoms with van der Waals surface area (Å²) in [5.74, 6) is 0. The molecule has 0 aliphatic heterocycles. The summed E-state index contributed by atoms with van der Waals surface area (Å²) in [7, 11) is 2.41. The van der Waals surface area contributed by atoms with Crippen molar-refractivity contribution in [1.82, 2.24) is 0 Å². The molecule has 1 radical (unpaired) electrons. The summed E-state index contributed by atoms with van der Waals surface area (Å²) in [6, 6.07) is 9.13. The molecule has 0 saturated carbocycles. The van der Waals surface area contributed by atoms with E-state index < -0.39 is 0 Å². The van der Waals surface area contributed by atoms with E-state index in [1.165, 1.54) is 44.3 Å². The highest BCUT2D eigenvalue weighted by molar-refractivity contribution is 14.1. The van der Waals surface area contributed by atoms with Gasteiger partial charge in [-0.05, 0) is 41.5 Å². The molecule has 0 bridgehead atoms. The van der Waals surface area contributed by atoms with Gasteiger partial charge in [-0.3, -0.25) is 0 Å². The van der Waals surface area contributed by atoms with Crippen LogP contribution in [0.4, 0.5) is 0 Å². The van der Waals surface area contributed by atoms with Crippen molar-refractivity contribution in [3.8, 4) is 0 Å². The maximum Gasteiger partial charge on any atom is 0.216 e. The van der Waals surface area contributed by atoms with Crippen LogP contribution in [0.5, 0.6) is 0 Å². The average molecular weight is 387 g/mol. The molecule has 0 aliphatic carbocycles. The van der Waals surface area contributed by atoms with E-state index in [4.69, 9.17) is 0 Å². The normalized spacial score (nSPS) is 10.6. The van der Waals surface area contributed by atoms with Crippen LogP contribution in [-0.4, -0.2) is 11.6 Å². The van der Waals surface area contributed by atoms with Crippen LogP contribution in [0.2, 0.25) is 0 Å². The van der Waals surface area contributed by atoms with Gasteiger partial charge in [-0.1, -0.05) is 68.6 Å². The Hall–Kier alpha value is -0.700. The molecular formula is C18H22B2I. The third kappa shape index (κ3) is 3.74. The predicted molar refractivity (Wildman–Crippen MR) is 106 cm³/mol. The van der Waals surface area contributed by atoms with Crippen LogP contribution in [0, 0.1) is 41.5 Å². The quantitative estimate of drug-likeness (QED) is 0.557. The summed E-state index contributed by atoms with van der Waals surface area (Å²) in [5, 5.41) is 0. The fourth-order valence-electron chi connectivity index (χ4n) is 3.31. The fraction of sp³-hybridized carbons (Fsp3) is 0.333. The zero-order valence-electron chi connectivity index (χ0n) is 13.8. The smallest absolute Gasteiger partial charge is 0.154 e. The number of aryl methyl sites for hydroxylation is 6. The Morgan fingerprint density at radius 1 is 0.714 bits per heavy atom. The maximum atomic E-state index is 2.56. The second-order valence-electron chi connectivity index (χ2n) is 6.19. The molecule has 2 aromatic rings. The number of halogens is 1. The molecule has 0 heterocycles. The first kappa shape index (κ1) is 16.7. The molecule has 21 heavy (non-hydrogen) atoms. The molecule has 0 aromatic heterocycles. The fourth-order valence-corrected chi connectivity index (χ4v) is 4.65. The highest BCUT2D eigenvalue weighted by atomic mass is 127. The summed E-state index contributed by atoms with van der Waals surface area (Å²) in [4.78, 5) is 0. The minimum absolute atomic E-state index is 0.406. The third-order valence-electron chi connectivity index (χ3n) is 4.06. The van der Waals surface area contributed by atoms with Gasteiger partial charge in [0.05, 0.1) is 0 Å². The number of rotatable bonds is 3. The van der Waals surface area contributed by atoms with Crippen LogP contribution >= 0.6 is 22.4 Å². The summed E-state index contributed by atoms with van der Waals surface area (Å²) < 4.78 is 0.406. The lowest BCUT2D eigenvalue weighted by molar-refractivity contribution is 1.35. The Morgan fingerprint density at radius 3 is 1.52 bits per heavy atom. The molecule has 0 N–H and O–H groups in total. The molecule has 2 rings (SSSR count). The predicted octanol–water partition coefficient (Wildman–Crippen LogP) is 3.70. The first-order valence-electron chi connectivity index (χ1n) is 7.44. The maximum absolute atomic E-state index is 2.56. The molecule has 107 valence electrons. The van der Waals surface area contributed by atoms with Crippen molar-refractivity contribution in [3.05, 3.63) is 57.6 Å². The van der Waals surface area contributed by atoms with Crippen molar-refractivity contribution in [2.24, 2.45) is 0 Å². The summed E-state index contributed by atoms with van der Waals surface area (Å²) in [6.07, 6.45) is 0. The van der Waals surface area contributed by atoms with E-state index in [1.54, 1.807) is 0 Å². The number of hydrogen-bond donors (Lipinski definition) is 0. The van der Waals surface area contributed by atoms with Gasteiger partial charge in [0.15, 0.2) is 0 Å². The topological polar surface area (TPSA) is 0 Å². The van der Waals surface area contributed by atoms with Gasteiger partial charge in [-0.25, -0.2) is 0 Å². The highest BCUT2D eigenvalue weighted by Gasteiger charge is 2.21. The standard InChI is InChI=1S/C18H22B2I/c1-11-7-13(3)17(14(4)8-11)19-20(21)18-15(5)9-12(2)10-16(18)6/h7-10H,1-6H3. The van der Waals surface area contributed by atoms with Gasteiger partial charge in [-0.15, -0.1) is 0 Å². The summed E-state index contributed by atoms with van der Waals surface area (Å²) in [6.45, 7) is 13.2. The Morgan fingerprint density at radius 2 is 1.10 bits per heavy atom. The molecule has 0 atom stereocenters. The van der Waals surface area contributed by atoms with Gasteiger partial charge in [0, 0.05) is 0 Å². The van der Waals surface area contributed by atoms with E-state index in [9.17, 15) is 0 Å². The zero-order chi connectivity index (χ0) is 15.7. The van der Waals surface area contributed by atoms with Gasteiger partial charge in [0.1, 0.15) is 7.17 Å². The van der Waals surface area contributed by atoms with Crippen LogP contribution in [0.15, 0.2) is 24.3 Å². The van der Waals surface area contributed by atoms with Crippen molar-refractivity contribution in [2.45, 2.75) is 41.5 Å². The number of hydrogen-bond acceptors (Lipinski definition) is 0. The van der Waals surface area contributed by atoms with Crippen LogP contribution in [0.25, 0.3) is 0 Å². The van der Waals surface area contributed by atoms with Crippen molar-refractivity contribution < 1.29 is 0 Å². The first-order chi connectivity index (χ1) is 9.79. The van der Waals surface area contributed by atoms with Crippen LogP contribution in [-0.2, 0) is 0 Å². The van der Waals surface area contributed by atoms with Crippen molar-refractivity contribution in [3.63, 3.8) is 0 Å². The van der Waals surface area contributed by atoms with Crippen molar-refractivity contribution in [2.75, 3.05) is 0 Å². The molecule has 0 saturated heterocycles. The van der Waals surface area contributed by atoms with Gasteiger partial charge in [0.2, 0.25) is 4.46 Å². The van der Waals surface area contributed by atoms with E-state index in [1.807, 2.05) is 0 Å². The largest absolute Gasteiger partial charge is 0.216 e. The molecule has 3 heteroatoms. The lowest BCUT2D eigenvalue weighted by atomic mass is 9.32. The van der Waals surface area contributed by atoms with E-state index in [0.717, 1.165) is 0 Å². The first-order valence-corrected chi connectivity index (χ1v) is 8.68. The molecule has 0 aliphatic rings. The summed E-state index contributed by atoms with van der Waals surface area (Å²) in [5.41, 5.74) is 11.1. The van der Waals surface area contributed by atoms with E-state index in [2.05, 4.69) is 95.4 Å². The minimum Gasteiger partial charge on any atom is -0.154 e. The lowest BCUT2D eigenvalue weighted by Gasteiger charge is -2.17. The molecule has 0 nitrogen and oxygen atoms in total. The molecule has 0 unspecified atom stereocenters. The SMILES string of the molecule is Cc1cc(C)c([B]B(I)c2c(C)cc(C)cc2C)c(C)c1. The molecular weight excluding hydrogens is 365 g/mol. The van der Waals surface area contributed by atoms with E-state index in [-0.39, 0.29) is 0 Å². The van der Waals surface area contributed by atoms with Gasteiger partial charge in [-0.2, -0.15) is 22.4 Å². The van der Waals surface area contributed by atoms with Crippen LogP contribution in [0.1, 0.15) is 33.4 Å². The lowest BCUT2D eigenvalue weighted by Crippen LogP contribution is -2.42. The zero-order valence-corrected chi connectivity index (χ0v) is 16.0. The van der Waals surface area contributed by atoms with Crippen molar-refractivity contribution >= 4 is 44.9 Å².